The Hall–Kier alpha value is -1.79. The number of nitrogens with zero attached hydrogens (tertiary/aromatic N) is 1. The molecule has 2 aromatic rings. The van der Waals surface area contributed by atoms with E-state index in [1.54, 1.807) is 0 Å². The highest BCUT2D eigenvalue weighted by atomic mass is 19.1. The van der Waals surface area contributed by atoms with Crippen LogP contribution in [-0.2, 0) is 10.2 Å². The van der Waals surface area contributed by atoms with Crippen molar-refractivity contribution in [1.82, 2.24) is 9.97 Å². The first kappa shape index (κ1) is 12.3. The fourth-order valence-electron chi connectivity index (χ4n) is 2.13. The van der Waals surface area contributed by atoms with Crippen molar-refractivity contribution >= 4 is 0 Å². The van der Waals surface area contributed by atoms with Gasteiger partial charge in [0.2, 0.25) is 0 Å². The van der Waals surface area contributed by atoms with Crippen molar-refractivity contribution in [3.63, 3.8) is 0 Å². The largest absolute Gasteiger partial charge is 0.379 e. The third-order valence-electron chi connectivity index (χ3n) is 3.44. The van der Waals surface area contributed by atoms with Crippen molar-refractivity contribution in [1.29, 1.82) is 0 Å². The zero-order valence-corrected chi connectivity index (χ0v) is 10.1. The second-order valence-corrected chi connectivity index (χ2v) is 4.75. The molecular formula is C13H13F2N3O. The van der Waals surface area contributed by atoms with Gasteiger partial charge in [0.1, 0.15) is 17.5 Å². The average molecular weight is 265 g/mol. The minimum absolute atomic E-state index is 0.158. The smallest absolute Gasteiger partial charge is 0.132 e. The number of nitrogens with one attached hydrogen (secondary N) is 1. The van der Waals surface area contributed by atoms with Crippen molar-refractivity contribution in [3.8, 4) is 11.3 Å². The summed E-state index contributed by atoms with van der Waals surface area (Å²) >= 11 is 0. The molecule has 0 radical (unpaired) electrons. The predicted octanol–water partition coefficient (Wildman–Crippen LogP) is 1.58. The Balaban J connectivity index is 1.99. The van der Waals surface area contributed by atoms with Crippen molar-refractivity contribution < 1.29 is 13.5 Å². The van der Waals surface area contributed by atoms with Gasteiger partial charge in [-0.3, -0.25) is 0 Å². The van der Waals surface area contributed by atoms with Crippen LogP contribution in [0, 0.1) is 11.6 Å². The number of hydrogen-bond acceptors (Lipinski definition) is 3. The topological polar surface area (TPSA) is 63.9 Å². The fourth-order valence-corrected chi connectivity index (χ4v) is 2.13. The summed E-state index contributed by atoms with van der Waals surface area (Å²) < 4.78 is 32.0. The Kier molecular flexibility index (Phi) is 2.83. The zero-order valence-electron chi connectivity index (χ0n) is 10.1. The van der Waals surface area contributed by atoms with Gasteiger partial charge in [-0.15, -0.1) is 0 Å². The third-order valence-corrected chi connectivity index (χ3v) is 3.44. The molecule has 1 saturated heterocycles. The molecule has 0 saturated carbocycles. The van der Waals surface area contributed by atoms with Crippen LogP contribution in [0.1, 0.15) is 5.82 Å². The standard InChI is InChI=1S/C13H13F2N3O/c14-8-1-2-10(15)9(3-8)11-4-17-12(18-11)13(5-16)6-19-7-13/h1-4H,5-7,16H2,(H,17,18). The van der Waals surface area contributed by atoms with E-state index in [2.05, 4.69) is 9.97 Å². The van der Waals surface area contributed by atoms with Gasteiger partial charge < -0.3 is 15.5 Å². The molecule has 3 rings (SSSR count). The Morgan fingerprint density at radius 2 is 2.16 bits per heavy atom. The lowest BCUT2D eigenvalue weighted by Gasteiger charge is -2.38. The van der Waals surface area contributed by atoms with Gasteiger partial charge in [-0.1, -0.05) is 0 Å². The molecule has 3 N–H and O–H groups in total. The van der Waals surface area contributed by atoms with Crippen molar-refractivity contribution in [2.45, 2.75) is 5.41 Å². The van der Waals surface area contributed by atoms with E-state index in [0.29, 0.717) is 31.3 Å². The van der Waals surface area contributed by atoms with Crippen LogP contribution in [0.3, 0.4) is 0 Å². The monoisotopic (exact) mass is 265 g/mol. The van der Waals surface area contributed by atoms with Gasteiger partial charge in [0.05, 0.1) is 30.5 Å². The summed E-state index contributed by atoms with van der Waals surface area (Å²) in [5.41, 5.74) is 5.99. The molecule has 2 heterocycles. The van der Waals surface area contributed by atoms with Gasteiger partial charge in [-0.2, -0.15) is 0 Å². The molecule has 0 atom stereocenters. The fraction of sp³-hybridized carbons (Fsp3) is 0.308. The van der Waals surface area contributed by atoms with Crippen LogP contribution in [0.4, 0.5) is 8.78 Å². The number of nitrogens with two attached hydrogens (primary N) is 1. The molecule has 19 heavy (non-hydrogen) atoms. The minimum atomic E-state index is -0.497. The summed E-state index contributed by atoms with van der Waals surface area (Å²) in [5.74, 6) is -0.337. The number of rotatable bonds is 3. The molecule has 0 aliphatic carbocycles. The molecule has 0 unspecified atom stereocenters. The second-order valence-electron chi connectivity index (χ2n) is 4.75. The normalized spacial score (nSPS) is 17.2. The van der Waals surface area contributed by atoms with Crippen LogP contribution in [0.25, 0.3) is 11.3 Å². The maximum absolute atomic E-state index is 13.7. The maximum atomic E-state index is 13.7. The number of imidazole rings is 1. The van der Waals surface area contributed by atoms with Crippen LogP contribution in [0.15, 0.2) is 24.4 Å². The first-order valence-corrected chi connectivity index (χ1v) is 5.93. The lowest BCUT2D eigenvalue weighted by Crippen LogP contribution is -2.52. The minimum Gasteiger partial charge on any atom is -0.379 e. The van der Waals surface area contributed by atoms with Gasteiger partial charge in [-0.25, -0.2) is 13.8 Å². The van der Waals surface area contributed by atoms with Crippen molar-refractivity contribution in [2.75, 3.05) is 19.8 Å². The SMILES string of the molecule is NCC1(c2ncc(-c3cc(F)ccc3F)[nH]2)COC1. The van der Waals surface area contributed by atoms with E-state index < -0.39 is 11.6 Å². The molecule has 100 valence electrons. The summed E-state index contributed by atoms with van der Waals surface area (Å²) in [5, 5.41) is 0. The van der Waals surface area contributed by atoms with Gasteiger partial charge in [0.15, 0.2) is 0 Å². The summed E-state index contributed by atoms with van der Waals surface area (Å²) in [6, 6.07) is 3.31. The average Bonchev–Trinajstić information content (AvgIpc) is 2.81. The van der Waals surface area contributed by atoms with E-state index in [1.165, 1.54) is 6.20 Å². The summed E-state index contributed by atoms with van der Waals surface area (Å²) in [7, 11) is 0. The molecule has 1 aliphatic heterocycles. The van der Waals surface area contributed by atoms with Crippen LogP contribution in [-0.4, -0.2) is 29.7 Å². The number of H-pyrrole nitrogens is 1. The number of halogens is 2. The van der Waals surface area contributed by atoms with Crippen LogP contribution in [0.5, 0.6) is 0 Å². The van der Waals surface area contributed by atoms with Crippen molar-refractivity contribution in [3.05, 3.63) is 41.9 Å². The predicted molar refractivity (Wildman–Crippen MR) is 65.5 cm³/mol. The molecule has 0 bridgehead atoms. The highest BCUT2D eigenvalue weighted by Crippen LogP contribution is 2.31. The Morgan fingerprint density at radius 3 is 2.79 bits per heavy atom. The molecule has 0 amide bonds. The number of benzene rings is 1. The van der Waals surface area contributed by atoms with Crippen LogP contribution in [0.2, 0.25) is 0 Å². The highest BCUT2D eigenvalue weighted by molar-refractivity contribution is 5.59. The van der Waals surface area contributed by atoms with Gasteiger partial charge in [-0.05, 0) is 18.2 Å². The molecular weight excluding hydrogens is 252 g/mol. The molecule has 1 aliphatic rings. The van der Waals surface area contributed by atoms with Gasteiger partial charge >= 0.3 is 0 Å². The third kappa shape index (κ3) is 1.93. The van der Waals surface area contributed by atoms with Crippen molar-refractivity contribution in [2.24, 2.45) is 5.73 Å². The Bertz CT molecular complexity index is 602. The van der Waals surface area contributed by atoms with E-state index in [4.69, 9.17) is 10.5 Å². The number of aromatic nitrogens is 2. The first-order valence-electron chi connectivity index (χ1n) is 5.93. The van der Waals surface area contributed by atoms with Gasteiger partial charge in [0, 0.05) is 12.1 Å². The molecule has 1 aromatic carbocycles. The maximum Gasteiger partial charge on any atom is 0.132 e. The lowest BCUT2D eigenvalue weighted by molar-refractivity contribution is -0.0589. The summed E-state index contributed by atoms with van der Waals surface area (Å²) in [6.45, 7) is 1.37. The molecule has 1 aromatic heterocycles. The first-order chi connectivity index (χ1) is 9.14. The summed E-state index contributed by atoms with van der Waals surface area (Å²) in [4.78, 5) is 7.24. The second kappa shape index (κ2) is 4.40. The van der Waals surface area contributed by atoms with Crippen LogP contribution < -0.4 is 5.73 Å². The zero-order chi connectivity index (χ0) is 13.5. The molecule has 1 fully saturated rings. The number of aromatic amines is 1. The molecule has 0 spiro atoms. The van der Waals surface area contributed by atoms with Crippen LogP contribution >= 0.6 is 0 Å². The summed E-state index contributed by atoms with van der Waals surface area (Å²) in [6.07, 6.45) is 1.49. The number of ether oxygens (including phenoxy) is 1. The highest BCUT2D eigenvalue weighted by Gasteiger charge is 2.41. The lowest BCUT2D eigenvalue weighted by atomic mass is 9.85. The van der Waals surface area contributed by atoms with E-state index in [-0.39, 0.29) is 11.0 Å². The van der Waals surface area contributed by atoms with E-state index in [0.717, 1.165) is 18.2 Å². The quantitative estimate of drug-likeness (QED) is 0.885. The molecule has 4 nitrogen and oxygen atoms in total. The van der Waals surface area contributed by atoms with E-state index in [9.17, 15) is 8.78 Å². The number of hydrogen-bond donors (Lipinski definition) is 2. The Morgan fingerprint density at radius 1 is 1.37 bits per heavy atom. The Labute approximate surface area is 108 Å². The van der Waals surface area contributed by atoms with E-state index >= 15 is 0 Å². The van der Waals surface area contributed by atoms with Gasteiger partial charge in [0.25, 0.3) is 0 Å². The molecule has 6 heteroatoms. The van der Waals surface area contributed by atoms with E-state index in [1.807, 2.05) is 0 Å².